The van der Waals surface area contributed by atoms with Gasteiger partial charge in [-0.2, -0.15) is 0 Å². The first kappa shape index (κ1) is 19.6. The third kappa shape index (κ3) is 3.76. The molecule has 5 rings (SSSR count). The van der Waals surface area contributed by atoms with Crippen LogP contribution in [0.4, 0.5) is 5.69 Å². The van der Waals surface area contributed by atoms with Crippen molar-refractivity contribution >= 4 is 39.3 Å². The van der Waals surface area contributed by atoms with Crippen LogP contribution in [0, 0.1) is 17.3 Å². The summed E-state index contributed by atoms with van der Waals surface area (Å²) in [6.45, 7) is 1.55. The van der Waals surface area contributed by atoms with Crippen molar-refractivity contribution in [2.75, 3.05) is 11.9 Å². The molecule has 5 nitrogen and oxygen atoms in total. The van der Waals surface area contributed by atoms with E-state index in [4.69, 9.17) is 4.74 Å². The van der Waals surface area contributed by atoms with Crippen LogP contribution in [0.2, 0.25) is 0 Å². The van der Waals surface area contributed by atoms with Crippen molar-refractivity contribution in [1.29, 1.82) is 0 Å². The Hall–Kier alpha value is -1.69. The number of carbonyl (C=O) groups is 3. The predicted molar refractivity (Wildman–Crippen MR) is 109 cm³/mol. The van der Waals surface area contributed by atoms with Crippen LogP contribution in [0.5, 0.6) is 0 Å². The number of anilines is 1. The minimum absolute atomic E-state index is 0.0758. The van der Waals surface area contributed by atoms with Crippen molar-refractivity contribution in [3.63, 3.8) is 0 Å². The molecule has 0 aromatic heterocycles. The van der Waals surface area contributed by atoms with Gasteiger partial charge in [-0.05, 0) is 74.6 Å². The Balaban J connectivity index is 1.36. The molecule has 2 unspecified atom stereocenters. The zero-order chi connectivity index (χ0) is 19.9. The number of alkyl halides is 1. The lowest BCUT2D eigenvalue weighted by Crippen LogP contribution is -2.56. The lowest BCUT2D eigenvalue weighted by Gasteiger charge is -2.58. The zero-order valence-corrected chi connectivity index (χ0v) is 17.7. The first-order valence-corrected chi connectivity index (χ1v) is 10.9. The predicted octanol–water partition coefficient (Wildman–Crippen LogP) is 4.49. The summed E-state index contributed by atoms with van der Waals surface area (Å²) in [4.78, 5) is 36.8. The second-order valence-electron chi connectivity index (χ2n) is 8.87. The molecule has 1 aromatic rings. The maximum Gasteiger partial charge on any atom is 0.312 e. The Morgan fingerprint density at radius 2 is 1.75 bits per heavy atom. The largest absolute Gasteiger partial charge is 0.457 e. The van der Waals surface area contributed by atoms with Gasteiger partial charge in [0.15, 0.2) is 12.4 Å². The van der Waals surface area contributed by atoms with Crippen molar-refractivity contribution in [2.45, 2.75) is 56.2 Å². The smallest absolute Gasteiger partial charge is 0.312 e. The molecule has 4 fully saturated rings. The summed E-state index contributed by atoms with van der Waals surface area (Å²) >= 11 is 3.90. The maximum absolute atomic E-state index is 12.9. The van der Waals surface area contributed by atoms with Crippen LogP contribution in [0.3, 0.4) is 0 Å². The van der Waals surface area contributed by atoms with E-state index in [1.807, 2.05) is 0 Å². The number of carbonyl (C=O) groups excluding carboxylic acids is 3. The number of hydrogen-bond donors (Lipinski definition) is 1. The molecule has 0 radical (unpaired) electrons. The fourth-order valence-corrected chi connectivity index (χ4v) is 7.20. The second kappa shape index (κ2) is 7.29. The molecule has 2 atom stereocenters. The van der Waals surface area contributed by atoms with Gasteiger partial charge in [-0.15, -0.1) is 0 Å². The SMILES string of the molecule is CCC(=O)Nc1ccc(C(=O)COC(=O)C23CC4CC(CC(Br)(C4)C2)C3)cc1. The number of nitrogens with one attached hydrogen (secondary N) is 1. The fourth-order valence-electron chi connectivity index (χ4n) is 5.75. The van der Waals surface area contributed by atoms with E-state index in [1.165, 1.54) is 6.42 Å². The van der Waals surface area contributed by atoms with Gasteiger partial charge in [-0.3, -0.25) is 14.4 Å². The first-order chi connectivity index (χ1) is 13.3. The molecule has 1 aromatic carbocycles. The van der Waals surface area contributed by atoms with E-state index in [0.717, 1.165) is 32.1 Å². The minimum atomic E-state index is -0.415. The second-order valence-corrected chi connectivity index (χ2v) is 10.6. The van der Waals surface area contributed by atoms with Crippen molar-refractivity contribution in [3.05, 3.63) is 29.8 Å². The average Bonchev–Trinajstić information content (AvgIpc) is 2.64. The molecule has 0 aliphatic heterocycles. The number of esters is 1. The van der Waals surface area contributed by atoms with Gasteiger partial charge in [0.2, 0.25) is 5.91 Å². The Kier molecular flexibility index (Phi) is 5.10. The van der Waals surface area contributed by atoms with Crippen molar-refractivity contribution < 1.29 is 19.1 Å². The van der Waals surface area contributed by atoms with E-state index in [2.05, 4.69) is 21.2 Å². The fraction of sp³-hybridized carbons (Fsp3) is 0.591. The summed E-state index contributed by atoms with van der Waals surface area (Å²) in [6, 6.07) is 6.69. The average molecular weight is 448 g/mol. The van der Waals surface area contributed by atoms with Gasteiger partial charge in [0.25, 0.3) is 0 Å². The zero-order valence-electron chi connectivity index (χ0n) is 16.1. The van der Waals surface area contributed by atoms with E-state index in [-0.39, 0.29) is 28.6 Å². The summed E-state index contributed by atoms with van der Waals surface area (Å²) in [6.07, 6.45) is 6.55. The van der Waals surface area contributed by atoms with Crippen LogP contribution in [-0.2, 0) is 14.3 Å². The highest BCUT2D eigenvalue weighted by molar-refractivity contribution is 9.10. The number of benzene rings is 1. The molecule has 28 heavy (non-hydrogen) atoms. The van der Waals surface area contributed by atoms with E-state index in [1.54, 1.807) is 31.2 Å². The van der Waals surface area contributed by atoms with Crippen molar-refractivity contribution in [1.82, 2.24) is 0 Å². The molecular formula is C22H26BrNO4. The summed E-state index contributed by atoms with van der Waals surface area (Å²) in [5.74, 6) is 0.684. The third-order valence-electron chi connectivity index (χ3n) is 6.57. The normalized spacial score (nSPS) is 32.8. The molecule has 4 aliphatic carbocycles. The molecule has 1 amide bonds. The number of halogens is 1. The Labute approximate surface area is 173 Å². The van der Waals surface area contributed by atoms with Crippen LogP contribution in [-0.4, -0.2) is 28.6 Å². The number of Topliss-reactive ketones (excluding diaryl/α,β-unsaturated/α-hetero) is 1. The standard InChI is InChI=1S/C22H26BrNO4/c1-2-19(26)24-17-5-3-16(4-6-17)18(25)12-28-20(27)21-8-14-7-15(9-21)11-22(23,10-14)13-21/h3-6,14-15H,2,7-13H2,1H3,(H,24,26). The van der Waals surface area contributed by atoms with Gasteiger partial charge < -0.3 is 10.1 Å². The van der Waals surface area contributed by atoms with Gasteiger partial charge in [0.1, 0.15) is 0 Å². The van der Waals surface area contributed by atoms with Gasteiger partial charge in [-0.1, -0.05) is 22.9 Å². The summed E-state index contributed by atoms with van der Waals surface area (Å²) in [5, 5.41) is 2.75. The van der Waals surface area contributed by atoms with Crippen LogP contribution in [0.15, 0.2) is 24.3 Å². The van der Waals surface area contributed by atoms with E-state index in [0.29, 0.717) is 29.5 Å². The minimum Gasteiger partial charge on any atom is -0.457 e. The summed E-state index contributed by atoms with van der Waals surface area (Å²) in [7, 11) is 0. The topological polar surface area (TPSA) is 72.5 Å². The first-order valence-electron chi connectivity index (χ1n) is 10.1. The highest BCUT2D eigenvalue weighted by Gasteiger charge is 2.60. The Morgan fingerprint density at radius 3 is 2.32 bits per heavy atom. The number of rotatable bonds is 6. The lowest BCUT2D eigenvalue weighted by atomic mass is 9.49. The van der Waals surface area contributed by atoms with Gasteiger partial charge in [0.05, 0.1) is 5.41 Å². The van der Waals surface area contributed by atoms with Crippen LogP contribution >= 0.6 is 15.9 Å². The number of amides is 1. The highest BCUT2D eigenvalue weighted by atomic mass is 79.9. The molecule has 6 heteroatoms. The van der Waals surface area contributed by atoms with Gasteiger partial charge >= 0.3 is 5.97 Å². The Morgan fingerprint density at radius 1 is 1.11 bits per heavy atom. The lowest BCUT2D eigenvalue weighted by molar-refractivity contribution is -0.168. The highest BCUT2D eigenvalue weighted by Crippen LogP contribution is 2.64. The molecule has 0 spiro atoms. The molecule has 4 saturated carbocycles. The number of ether oxygens (including phenoxy) is 1. The van der Waals surface area contributed by atoms with Crippen molar-refractivity contribution in [3.8, 4) is 0 Å². The monoisotopic (exact) mass is 447 g/mol. The van der Waals surface area contributed by atoms with Crippen LogP contribution in [0.25, 0.3) is 0 Å². The molecule has 0 heterocycles. The molecule has 4 aliphatic rings. The van der Waals surface area contributed by atoms with Gasteiger partial charge in [-0.25, -0.2) is 0 Å². The van der Waals surface area contributed by atoms with Crippen LogP contribution < -0.4 is 5.32 Å². The quantitative estimate of drug-likeness (QED) is 0.395. The maximum atomic E-state index is 12.9. The number of hydrogen-bond acceptors (Lipinski definition) is 4. The van der Waals surface area contributed by atoms with E-state index < -0.39 is 5.41 Å². The van der Waals surface area contributed by atoms with E-state index in [9.17, 15) is 14.4 Å². The summed E-state index contributed by atoms with van der Waals surface area (Å²) < 4.78 is 5.60. The van der Waals surface area contributed by atoms with Crippen molar-refractivity contribution in [2.24, 2.45) is 17.3 Å². The number of ketones is 1. The molecule has 0 saturated heterocycles. The third-order valence-corrected chi connectivity index (χ3v) is 7.50. The molecule has 4 bridgehead atoms. The Bertz CT molecular complexity index is 789. The van der Waals surface area contributed by atoms with E-state index >= 15 is 0 Å². The summed E-state index contributed by atoms with van der Waals surface area (Å²) in [5.41, 5.74) is 0.712. The van der Waals surface area contributed by atoms with Crippen LogP contribution in [0.1, 0.15) is 62.2 Å². The molecule has 150 valence electrons. The van der Waals surface area contributed by atoms with Gasteiger partial charge in [0, 0.05) is 22.0 Å². The molecular weight excluding hydrogens is 422 g/mol. The molecule has 1 N–H and O–H groups in total.